The monoisotopic (exact) mass is 287 g/mol. The molecule has 0 bridgehead atoms. The maximum absolute atomic E-state index is 13.6. The van der Waals surface area contributed by atoms with Gasteiger partial charge in [0.15, 0.2) is 0 Å². The molecule has 2 rings (SSSR count). The Morgan fingerprint density at radius 3 is 2.45 bits per heavy atom. The van der Waals surface area contributed by atoms with Crippen LogP contribution in [0, 0.1) is 17.5 Å². The molecule has 0 amide bonds. The number of rotatable bonds is 4. The molecule has 0 saturated heterocycles. The average molecular weight is 287 g/mol. The normalized spacial score (nSPS) is 10.6. The second kappa shape index (κ2) is 5.24. The van der Waals surface area contributed by atoms with Crippen LogP contribution in [0.3, 0.4) is 0 Å². The van der Waals surface area contributed by atoms with E-state index in [1.807, 2.05) is 0 Å². The van der Waals surface area contributed by atoms with Gasteiger partial charge in [0.05, 0.1) is 6.61 Å². The Morgan fingerprint density at radius 1 is 1.35 bits per heavy atom. The minimum atomic E-state index is -1.48. The Kier molecular flexibility index (Phi) is 3.64. The van der Waals surface area contributed by atoms with E-state index in [4.69, 9.17) is 14.3 Å². The van der Waals surface area contributed by atoms with Gasteiger partial charge in [-0.1, -0.05) is 0 Å². The van der Waals surface area contributed by atoms with E-state index in [-0.39, 0.29) is 6.61 Å². The SMILES string of the molecule is CCOc1oc(-c2c(F)cc(F)cc2F)nc1C(=O)O. The summed E-state index contributed by atoms with van der Waals surface area (Å²) in [4.78, 5) is 14.4. The molecule has 0 aliphatic heterocycles. The summed E-state index contributed by atoms with van der Waals surface area (Å²) < 4.78 is 49.7. The number of aromatic nitrogens is 1. The number of carboxylic acid groups (broad SMARTS) is 1. The minimum Gasteiger partial charge on any atom is -0.476 e. The van der Waals surface area contributed by atoms with Crippen LogP contribution >= 0.6 is 0 Å². The smallest absolute Gasteiger partial charge is 0.362 e. The van der Waals surface area contributed by atoms with Crippen LogP contribution in [0.15, 0.2) is 16.5 Å². The van der Waals surface area contributed by atoms with Crippen molar-refractivity contribution in [3.05, 3.63) is 35.3 Å². The van der Waals surface area contributed by atoms with Crippen LogP contribution < -0.4 is 4.74 Å². The lowest BCUT2D eigenvalue weighted by molar-refractivity contribution is 0.0683. The van der Waals surface area contributed by atoms with Crippen LogP contribution in [0.25, 0.3) is 11.5 Å². The summed E-state index contributed by atoms with van der Waals surface area (Å²) in [6.45, 7) is 1.64. The number of carbonyl (C=O) groups is 1. The van der Waals surface area contributed by atoms with Crippen LogP contribution in [0.5, 0.6) is 5.95 Å². The standard InChI is InChI=1S/C12H8F3NO4/c1-2-19-12-9(11(17)18)16-10(20-12)8-6(14)3-5(13)4-7(8)15/h3-4H,2H2,1H3,(H,17,18). The predicted octanol–water partition coefficient (Wildman–Crippen LogP) is 2.86. The molecule has 106 valence electrons. The quantitative estimate of drug-likeness (QED) is 0.936. The van der Waals surface area contributed by atoms with Crippen molar-refractivity contribution in [2.24, 2.45) is 0 Å². The Hall–Kier alpha value is -2.51. The molecule has 8 heteroatoms. The molecule has 1 aromatic carbocycles. The van der Waals surface area contributed by atoms with Gasteiger partial charge in [0.1, 0.15) is 23.0 Å². The van der Waals surface area contributed by atoms with Crippen molar-refractivity contribution in [1.82, 2.24) is 4.98 Å². The van der Waals surface area contributed by atoms with E-state index >= 15 is 0 Å². The second-order valence-corrected chi connectivity index (χ2v) is 3.64. The van der Waals surface area contributed by atoms with Gasteiger partial charge in [-0.3, -0.25) is 0 Å². The number of ether oxygens (including phenoxy) is 1. The first kappa shape index (κ1) is 13.9. The van der Waals surface area contributed by atoms with Gasteiger partial charge in [0.2, 0.25) is 11.6 Å². The summed E-state index contributed by atoms with van der Waals surface area (Å²) in [5.41, 5.74) is -1.38. The zero-order valence-electron chi connectivity index (χ0n) is 10.1. The molecule has 1 aromatic heterocycles. The Morgan fingerprint density at radius 2 is 1.95 bits per heavy atom. The van der Waals surface area contributed by atoms with Crippen LogP contribution in [0.4, 0.5) is 13.2 Å². The highest BCUT2D eigenvalue weighted by atomic mass is 19.1. The third kappa shape index (κ3) is 2.44. The Labute approximate surface area is 110 Å². The molecule has 0 radical (unpaired) electrons. The molecule has 1 heterocycles. The van der Waals surface area contributed by atoms with Gasteiger partial charge in [-0.15, -0.1) is 0 Å². The van der Waals surface area contributed by atoms with Gasteiger partial charge >= 0.3 is 11.9 Å². The molecule has 5 nitrogen and oxygen atoms in total. The van der Waals surface area contributed by atoms with Crippen LogP contribution in [-0.4, -0.2) is 22.7 Å². The molecule has 0 aliphatic rings. The maximum Gasteiger partial charge on any atom is 0.362 e. The van der Waals surface area contributed by atoms with E-state index in [0.29, 0.717) is 12.1 Å². The van der Waals surface area contributed by atoms with E-state index in [1.54, 1.807) is 6.92 Å². The van der Waals surface area contributed by atoms with Gasteiger partial charge in [-0.25, -0.2) is 18.0 Å². The Balaban J connectivity index is 2.59. The fourth-order valence-corrected chi connectivity index (χ4v) is 1.52. The van der Waals surface area contributed by atoms with Crippen molar-refractivity contribution in [3.8, 4) is 17.4 Å². The lowest BCUT2D eigenvalue weighted by Crippen LogP contribution is -2.01. The highest BCUT2D eigenvalue weighted by Gasteiger charge is 2.25. The van der Waals surface area contributed by atoms with E-state index in [0.717, 1.165) is 0 Å². The summed E-state index contributed by atoms with van der Waals surface area (Å²) >= 11 is 0. The van der Waals surface area contributed by atoms with Crippen LogP contribution in [0.2, 0.25) is 0 Å². The maximum atomic E-state index is 13.6. The number of halogens is 3. The lowest BCUT2D eigenvalue weighted by Gasteiger charge is -2.00. The van der Waals surface area contributed by atoms with Crippen molar-refractivity contribution in [3.63, 3.8) is 0 Å². The van der Waals surface area contributed by atoms with Crippen molar-refractivity contribution in [2.75, 3.05) is 6.61 Å². The molecule has 2 aromatic rings. The molecule has 0 spiro atoms. The van der Waals surface area contributed by atoms with Crippen LogP contribution in [-0.2, 0) is 0 Å². The number of hydrogen-bond acceptors (Lipinski definition) is 4. The average Bonchev–Trinajstić information content (AvgIpc) is 2.72. The molecular formula is C12H8F3NO4. The van der Waals surface area contributed by atoms with Gasteiger partial charge in [-0.2, -0.15) is 4.98 Å². The van der Waals surface area contributed by atoms with Gasteiger partial charge in [-0.05, 0) is 6.92 Å². The second-order valence-electron chi connectivity index (χ2n) is 3.64. The molecule has 0 aliphatic carbocycles. The highest BCUT2D eigenvalue weighted by Crippen LogP contribution is 2.31. The van der Waals surface area contributed by atoms with Gasteiger partial charge < -0.3 is 14.3 Å². The molecule has 0 atom stereocenters. The fourth-order valence-electron chi connectivity index (χ4n) is 1.52. The number of aromatic carboxylic acids is 1. The van der Waals surface area contributed by atoms with Crippen molar-refractivity contribution in [2.45, 2.75) is 6.92 Å². The van der Waals surface area contributed by atoms with Crippen molar-refractivity contribution >= 4 is 5.97 Å². The van der Waals surface area contributed by atoms with E-state index in [1.165, 1.54) is 0 Å². The number of nitrogens with zero attached hydrogens (tertiary/aromatic N) is 1. The predicted molar refractivity (Wildman–Crippen MR) is 59.9 cm³/mol. The van der Waals surface area contributed by atoms with E-state index < -0.39 is 46.5 Å². The van der Waals surface area contributed by atoms with E-state index in [9.17, 15) is 18.0 Å². The highest BCUT2D eigenvalue weighted by molar-refractivity contribution is 5.88. The summed E-state index contributed by atoms with van der Waals surface area (Å²) in [5, 5.41) is 8.89. The first-order valence-corrected chi connectivity index (χ1v) is 5.45. The topological polar surface area (TPSA) is 72.6 Å². The van der Waals surface area contributed by atoms with Crippen molar-refractivity contribution in [1.29, 1.82) is 0 Å². The van der Waals surface area contributed by atoms with Crippen molar-refractivity contribution < 1.29 is 32.2 Å². The zero-order valence-corrected chi connectivity index (χ0v) is 10.1. The summed E-state index contributed by atoms with van der Waals surface area (Å²) in [6.07, 6.45) is 0. The minimum absolute atomic E-state index is 0.0727. The molecule has 0 unspecified atom stereocenters. The zero-order chi connectivity index (χ0) is 14.9. The molecule has 1 N–H and O–H groups in total. The number of carboxylic acids is 1. The summed E-state index contributed by atoms with van der Waals surface area (Å²) in [7, 11) is 0. The van der Waals surface area contributed by atoms with Crippen LogP contribution in [0.1, 0.15) is 17.4 Å². The molecule has 0 fully saturated rings. The molecular weight excluding hydrogens is 279 g/mol. The Bertz CT molecular complexity index is 646. The summed E-state index contributed by atoms with van der Waals surface area (Å²) in [6, 6.07) is 0.868. The third-order valence-corrected chi connectivity index (χ3v) is 2.29. The first-order valence-electron chi connectivity index (χ1n) is 5.45. The van der Waals surface area contributed by atoms with E-state index in [2.05, 4.69) is 4.98 Å². The number of benzene rings is 1. The summed E-state index contributed by atoms with van der Waals surface area (Å²) in [5.74, 6) is -6.23. The fraction of sp³-hybridized carbons (Fsp3) is 0.167. The lowest BCUT2D eigenvalue weighted by atomic mass is 10.2. The molecule has 0 saturated carbocycles. The first-order chi connectivity index (χ1) is 9.43. The third-order valence-electron chi connectivity index (χ3n) is 2.29. The number of hydrogen-bond donors (Lipinski definition) is 1. The van der Waals surface area contributed by atoms with Gasteiger partial charge in [0, 0.05) is 12.1 Å². The van der Waals surface area contributed by atoms with Gasteiger partial charge in [0.25, 0.3) is 0 Å². The largest absolute Gasteiger partial charge is 0.476 e. The molecule has 20 heavy (non-hydrogen) atoms. The number of oxazole rings is 1.